The van der Waals surface area contributed by atoms with Crippen LogP contribution in [0.4, 0.5) is 0 Å². The third-order valence-electron chi connectivity index (χ3n) is 4.77. The summed E-state index contributed by atoms with van der Waals surface area (Å²) in [5.74, 6) is -0.250. The summed E-state index contributed by atoms with van der Waals surface area (Å²) in [5, 5.41) is 5.91. The molecule has 3 rings (SSSR count). The standard InChI is InChI=1S/C19H23N5O3/c25-17-12-22-16(11-23-17)19(27)24-15-5-3-14(4-6-15)18(26)21-9-7-13-2-1-8-20-10-13/h1-2,8,10-12,14-15H,3-7,9H2,(H,21,26)(H,23,25)(H,24,27). The van der Waals surface area contributed by atoms with E-state index in [1.807, 2.05) is 12.1 Å². The van der Waals surface area contributed by atoms with Gasteiger partial charge in [0.15, 0.2) is 0 Å². The minimum absolute atomic E-state index is 0.0155. The quantitative estimate of drug-likeness (QED) is 0.697. The molecule has 1 fully saturated rings. The molecule has 2 amide bonds. The number of nitrogens with zero attached hydrogens (tertiary/aromatic N) is 2. The van der Waals surface area contributed by atoms with Crippen LogP contribution in [0.3, 0.4) is 0 Å². The molecule has 8 nitrogen and oxygen atoms in total. The number of carbonyl (C=O) groups is 2. The predicted molar refractivity (Wildman–Crippen MR) is 99.0 cm³/mol. The van der Waals surface area contributed by atoms with Crippen molar-refractivity contribution in [2.24, 2.45) is 5.92 Å². The molecule has 0 aromatic carbocycles. The third-order valence-corrected chi connectivity index (χ3v) is 4.77. The molecular weight excluding hydrogens is 346 g/mol. The van der Waals surface area contributed by atoms with E-state index in [9.17, 15) is 14.4 Å². The second kappa shape index (κ2) is 9.07. The van der Waals surface area contributed by atoms with Gasteiger partial charge in [0.05, 0.1) is 6.20 Å². The highest BCUT2D eigenvalue weighted by molar-refractivity contribution is 5.92. The number of H-pyrrole nitrogens is 1. The summed E-state index contributed by atoms with van der Waals surface area (Å²) in [6.07, 6.45) is 9.65. The second-order valence-corrected chi connectivity index (χ2v) is 6.72. The maximum absolute atomic E-state index is 12.3. The molecular formula is C19H23N5O3. The summed E-state index contributed by atoms with van der Waals surface area (Å²) in [4.78, 5) is 45.8. The van der Waals surface area contributed by atoms with Crippen molar-refractivity contribution in [2.75, 3.05) is 6.54 Å². The van der Waals surface area contributed by atoms with Crippen molar-refractivity contribution in [1.82, 2.24) is 25.6 Å². The predicted octanol–water partition coefficient (Wildman–Crippen LogP) is 0.812. The van der Waals surface area contributed by atoms with Crippen molar-refractivity contribution >= 4 is 11.8 Å². The van der Waals surface area contributed by atoms with Gasteiger partial charge < -0.3 is 15.6 Å². The molecule has 1 aliphatic carbocycles. The molecule has 142 valence electrons. The van der Waals surface area contributed by atoms with Crippen molar-refractivity contribution in [2.45, 2.75) is 38.1 Å². The zero-order chi connectivity index (χ0) is 19.1. The van der Waals surface area contributed by atoms with Crippen LogP contribution >= 0.6 is 0 Å². The number of nitrogens with one attached hydrogen (secondary N) is 3. The van der Waals surface area contributed by atoms with Gasteiger partial charge in [0.25, 0.3) is 11.5 Å². The Labute approximate surface area is 156 Å². The van der Waals surface area contributed by atoms with Gasteiger partial charge in [-0.25, -0.2) is 4.98 Å². The number of aromatic amines is 1. The molecule has 0 atom stereocenters. The first-order valence-electron chi connectivity index (χ1n) is 9.14. The number of hydrogen-bond acceptors (Lipinski definition) is 5. The molecule has 8 heteroatoms. The van der Waals surface area contributed by atoms with Crippen LogP contribution in [-0.2, 0) is 11.2 Å². The number of carbonyl (C=O) groups excluding carboxylic acids is 2. The van der Waals surface area contributed by atoms with Crippen molar-refractivity contribution in [3.8, 4) is 0 Å². The monoisotopic (exact) mass is 369 g/mol. The first-order chi connectivity index (χ1) is 13.1. The highest BCUT2D eigenvalue weighted by Gasteiger charge is 2.27. The van der Waals surface area contributed by atoms with Gasteiger partial charge >= 0.3 is 0 Å². The van der Waals surface area contributed by atoms with Crippen LogP contribution in [0.25, 0.3) is 0 Å². The number of amides is 2. The normalized spacial score (nSPS) is 19.3. The van der Waals surface area contributed by atoms with Crippen LogP contribution in [0.5, 0.6) is 0 Å². The summed E-state index contributed by atoms with van der Waals surface area (Å²) in [6, 6.07) is 3.89. The second-order valence-electron chi connectivity index (χ2n) is 6.72. The molecule has 3 N–H and O–H groups in total. The van der Waals surface area contributed by atoms with E-state index < -0.39 is 0 Å². The van der Waals surface area contributed by atoms with Gasteiger partial charge in [-0.1, -0.05) is 6.07 Å². The van der Waals surface area contributed by atoms with Crippen molar-refractivity contribution in [1.29, 1.82) is 0 Å². The lowest BCUT2D eigenvalue weighted by Crippen LogP contribution is -2.41. The summed E-state index contributed by atoms with van der Waals surface area (Å²) in [6.45, 7) is 0.596. The zero-order valence-electron chi connectivity index (χ0n) is 15.0. The molecule has 0 radical (unpaired) electrons. The first kappa shape index (κ1) is 18.8. The fourth-order valence-corrected chi connectivity index (χ4v) is 3.25. The number of rotatable bonds is 6. The van der Waals surface area contributed by atoms with Crippen LogP contribution in [-0.4, -0.2) is 39.4 Å². The van der Waals surface area contributed by atoms with Crippen molar-refractivity contribution in [3.63, 3.8) is 0 Å². The SMILES string of the molecule is O=C(NC1CCC(C(=O)NCCc2cccnc2)CC1)c1c[nH]c(=O)cn1. The van der Waals surface area contributed by atoms with Gasteiger partial charge in [-0.3, -0.25) is 19.4 Å². The van der Waals surface area contributed by atoms with Gasteiger partial charge in [0.1, 0.15) is 5.69 Å². The first-order valence-corrected chi connectivity index (χ1v) is 9.14. The van der Waals surface area contributed by atoms with E-state index in [1.165, 1.54) is 6.20 Å². The Balaban J connectivity index is 1.39. The molecule has 2 aromatic heterocycles. The summed E-state index contributed by atoms with van der Waals surface area (Å²) in [7, 11) is 0. The van der Waals surface area contributed by atoms with Crippen molar-refractivity contribution < 1.29 is 9.59 Å². The minimum atomic E-state index is -0.346. The molecule has 1 aliphatic rings. The third kappa shape index (κ3) is 5.47. The molecule has 1 saturated carbocycles. The van der Waals surface area contributed by atoms with Gasteiger partial charge in [0.2, 0.25) is 5.91 Å². The largest absolute Gasteiger partial charge is 0.356 e. The van der Waals surface area contributed by atoms with Crippen molar-refractivity contribution in [3.05, 3.63) is 58.5 Å². The number of pyridine rings is 1. The molecule has 0 saturated heterocycles. The summed E-state index contributed by atoms with van der Waals surface area (Å²) in [5.41, 5.74) is 0.937. The zero-order valence-corrected chi connectivity index (χ0v) is 15.0. The van der Waals surface area contributed by atoms with Crippen LogP contribution in [0.2, 0.25) is 0 Å². The lowest BCUT2D eigenvalue weighted by Gasteiger charge is -2.28. The maximum atomic E-state index is 12.3. The van der Waals surface area contributed by atoms with Gasteiger partial charge in [-0.05, 0) is 43.7 Å². The number of aromatic nitrogens is 3. The molecule has 0 aliphatic heterocycles. The van der Waals surface area contributed by atoms with E-state index in [2.05, 4.69) is 25.6 Å². The van der Waals surface area contributed by atoms with E-state index in [-0.39, 0.29) is 35.0 Å². The number of hydrogen-bond donors (Lipinski definition) is 3. The Morgan fingerprint density at radius 3 is 2.67 bits per heavy atom. The molecule has 0 unspecified atom stereocenters. The highest BCUT2D eigenvalue weighted by atomic mass is 16.2. The van der Waals surface area contributed by atoms with E-state index in [0.717, 1.165) is 43.9 Å². The highest BCUT2D eigenvalue weighted by Crippen LogP contribution is 2.24. The van der Waals surface area contributed by atoms with Crippen LogP contribution < -0.4 is 16.2 Å². The average Bonchev–Trinajstić information content (AvgIpc) is 2.70. The fraction of sp³-hybridized carbons (Fsp3) is 0.421. The van der Waals surface area contributed by atoms with Crippen LogP contribution in [0.1, 0.15) is 41.7 Å². The Hall–Kier alpha value is -3.03. The molecule has 2 heterocycles. The molecule has 0 bridgehead atoms. The Kier molecular flexibility index (Phi) is 6.30. The maximum Gasteiger partial charge on any atom is 0.271 e. The van der Waals surface area contributed by atoms with Crippen LogP contribution in [0, 0.1) is 5.92 Å². The molecule has 27 heavy (non-hydrogen) atoms. The Morgan fingerprint density at radius 2 is 2.00 bits per heavy atom. The molecule has 0 spiro atoms. The van der Waals surface area contributed by atoms with E-state index in [4.69, 9.17) is 0 Å². The fourth-order valence-electron chi connectivity index (χ4n) is 3.25. The van der Waals surface area contributed by atoms with E-state index >= 15 is 0 Å². The van der Waals surface area contributed by atoms with E-state index in [0.29, 0.717) is 6.54 Å². The Morgan fingerprint density at radius 1 is 1.19 bits per heavy atom. The lowest BCUT2D eigenvalue weighted by molar-refractivity contribution is -0.126. The lowest BCUT2D eigenvalue weighted by atomic mass is 9.85. The topological polar surface area (TPSA) is 117 Å². The summed E-state index contributed by atoms with van der Waals surface area (Å²) < 4.78 is 0. The minimum Gasteiger partial charge on any atom is -0.356 e. The van der Waals surface area contributed by atoms with Gasteiger partial charge in [-0.2, -0.15) is 0 Å². The summed E-state index contributed by atoms with van der Waals surface area (Å²) >= 11 is 0. The van der Waals surface area contributed by atoms with E-state index in [1.54, 1.807) is 12.4 Å². The van der Waals surface area contributed by atoms with Gasteiger partial charge in [-0.15, -0.1) is 0 Å². The Bertz CT molecular complexity index is 808. The average molecular weight is 369 g/mol. The van der Waals surface area contributed by atoms with Gasteiger partial charge in [0, 0.05) is 37.1 Å². The molecule has 2 aromatic rings. The van der Waals surface area contributed by atoms with Crippen LogP contribution in [0.15, 0.2) is 41.7 Å². The smallest absolute Gasteiger partial charge is 0.271 e.